The number of piperidine rings is 1. The van der Waals surface area contributed by atoms with Gasteiger partial charge in [0.2, 0.25) is 0 Å². The molecule has 0 spiro atoms. The van der Waals surface area contributed by atoms with E-state index in [4.69, 9.17) is 5.11 Å². The first-order chi connectivity index (χ1) is 13.0. The zero-order chi connectivity index (χ0) is 19.0. The molecule has 0 unspecified atom stereocenters. The van der Waals surface area contributed by atoms with Gasteiger partial charge in [0, 0.05) is 30.1 Å². The Kier molecular flexibility index (Phi) is 4.40. The third-order valence-electron chi connectivity index (χ3n) is 4.64. The van der Waals surface area contributed by atoms with E-state index in [-0.39, 0.29) is 17.5 Å². The molecule has 10 heteroatoms. The summed E-state index contributed by atoms with van der Waals surface area (Å²) in [6.07, 6.45) is 0.518. The summed E-state index contributed by atoms with van der Waals surface area (Å²) in [7, 11) is 0. The van der Waals surface area contributed by atoms with Crippen LogP contribution in [0, 0.1) is 0 Å². The topological polar surface area (TPSA) is 131 Å². The maximum atomic E-state index is 12.5. The van der Waals surface area contributed by atoms with Crippen molar-refractivity contribution in [2.45, 2.75) is 18.8 Å². The summed E-state index contributed by atoms with van der Waals surface area (Å²) in [6, 6.07) is 5.10. The number of carboxylic acid groups (broad SMARTS) is 1. The van der Waals surface area contributed by atoms with Crippen molar-refractivity contribution in [3.05, 3.63) is 44.8 Å². The highest BCUT2D eigenvalue weighted by Crippen LogP contribution is 2.30. The first kappa shape index (κ1) is 17.3. The van der Waals surface area contributed by atoms with E-state index in [2.05, 4.69) is 20.3 Å². The summed E-state index contributed by atoms with van der Waals surface area (Å²) >= 11 is 1.42. The van der Waals surface area contributed by atoms with E-state index in [0.29, 0.717) is 48.3 Å². The standard InChI is InChI=1S/C17H17N5O4S/c23-14(18-10-1-2-11-12(7-10)21-16(24)20-11)13-8-27-15(19-13)9-3-5-22(6-4-9)17(25)26/h1-2,7-9H,3-6H2,(H,18,23)(H,25,26)(H2,20,21,24). The van der Waals surface area contributed by atoms with Gasteiger partial charge in [-0.3, -0.25) is 4.79 Å². The highest BCUT2D eigenvalue weighted by molar-refractivity contribution is 7.10. The maximum absolute atomic E-state index is 12.5. The highest BCUT2D eigenvalue weighted by Gasteiger charge is 2.26. The van der Waals surface area contributed by atoms with Crippen LogP contribution in [0.15, 0.2) is 28.4 Å². The summed E-state index contributed by atoms with van der Waals surface area (Å²) in [4.78, 5) is 45.9. The van der Waals surface area contributed by atoms with E-state index in [0.717, 1.165) is 5.01 Å². The van der Waals surface area contributed by atoms with Gasteiger partial charge in [-0.2, -0.15) is 0 Å². The summed E-state index contributed by atoms with van der Waals surface area (Å²) in [5, 5.41) is 14.4. The number of nitrogens with zero attached hydrogens (tertiary/aromatic N) is 2. The number of likely N-dealkylation sites (tertiary alicyclic amines) is 1. The van der Waals surface area contributed by atoms with Crippen molar-refractivity contribution >= 4 is 40.1 Å². The van der Waals surface area contributed by atoms with Crippen LogP contribution in [0.4, 0.5) is 10.5 Å². The number of carbonyl (C=O) groups excluding carboxylic acids is 1. The third kappa shape index (κ3) is 3.56. The SMILES string of the molecule is O=C(Nc1ccc2[nH]c(=O)[nH]c2c1)c1csc(C2CCN(C(=O)O)CC2)n1. The van der Waals surface area contributed by atoms with Gasteiger partial charge in [0.25, 0.3) is 5.91 Å². The van der Waals surface area contributed by atoms with Crippen LogP contribution in [-0.4, -0.2) is 50.0 Å². The Hall–Kier alpha value is -3.14. The third-order valence-corrected chi connectivity index (χ3v) is 5.65. The predicted molar refractivity (Wildman–Crippen MR) is 101 cm³/mol. The molecule has 2 aromatic heterocycles. The zero-order valence-electron chi connectivity index (χ0n) is 14.2. The Labute approximate surface area is 157 Å². The number of carbonyl (C=O) groups is 2. The number of fused-ring (bicyclic) bond motifs is 1. The Balaban J connectivity index is 1.43. The molecule has 1 saturated heterocycles. The quantitative estimate of drug-likeness (QED) is 0.548. The van der Waals surface area contributed by atoms with Crippen LogP contribution in [0.5, 0.6) is 0 Å². The van der Waals surface area contributed by atoms with E-state index in [1.807, 2.05) is 0 Å². The average Bonchev–Trinajstić information content (AvgIpc) is 3.27. The lowest BCUT2D eigenvalue weighted by molar-refractivity contribution is 0.102. The number of amides is 2. The smallest absolute Gasteiger partial charge is 0.407 e. The maximum Gasteiger partial charge on any atom is 0.407 e. The fourth-order valence-electron chi connectivity index (χ4n) is 3.20. The van der Waals surface area contributed by atoms with Gasteiger partial charge in [-0.25, -0.2) is 14.6 Å². The minimum absolute atomic E-state index is 0.174. The van der Waals surface area contributed by atoms with E-state index in [9.17, 15) is 14.4 Å². The number of H-pyrrole nitrogens is 2. The summed E-state index contributed by atoms with van der Waals surface area (Å²) in [5.74, 6) is -0.147. The molecule has 4 rings (SSSR count). The van der Waals surface area contributed by atoms with E-state index in [1.54, 1.807) is 23.6 Å². The van der Waals surface area contributed by atoms with Crippen molar-refractivity contribution in [1.82, 2.24) is 19.9 Å². The molecule has 1 aliphatic heterocycles. The number of aromatic nitrogens is 3. The monoisotopic (exact) mass is 387 g/mol. The van der Waals surface area contributed by atoms with E-state index < -0.39 is 6.09 Å². The predicted octanol–water partition coefficient (Wildman–Crippen LogP) is 2.42. The lowest BCUT2D eigenvalue weighted by Gasteiger charge is -2.28. The lowest BCUT2D eigenvalue weighted by Crippen LogP contribution is -2.36. The van der Waals surface area contributed by atoms with Gasteiger partial charge in [0.1, 0.15) is 5.69 Å². The Bertz CT molecular complexity index is 1060. The van der Waals surface area contributed by atoms with Crippen LogP contribution in [0.2, 0.25) is 0 Å². The Morgan fingerprint density at radius 1 is 1.22 bits per heavy atom. The van der Waals surface area contributed by atoms with Gasteiger partial charge >= 0.3 is 11.8 Å². The number of thiazole rings is 1. The number of anilines is 1. The van der Waals surface area contributed by atoms with Crippen molar-refractivity contribution < 1.29 is 14.7 Å². The number of hydrogen-bond donors (Lipinski definition) is 4. The molecule has 9 nitrogen and oxygen atoms in total. The normalized spacial score (nSPS) is 15.2. The van der Waals surface area contributed by atoms with Crippen LogP contribution in [0.1, 0.15) is 34.3 Å². The average molecular weight is 387 g/mol. The highest BCUT2D eigenvalue weighted by atomic mass is 32.1. The van der Waals surface area contributed by atoms with Crippen molar-refractivity contribution in [3.8, 4) is 0 Å². The second-order valence-corrected chi connectivity index (χ2v) is 7.30. The first-order valence-corrected chi connectivity index (χ1v) is 9.34. The molecule has 4 N–H and O–H groups in total. The minimum atomic E-state index is -0.895. The lowest BCUT2D eigenvalue weighted by atomic mass is 9.98. The molecule has 1 aliphatic rings. The fourth-order valence-corrected chi connectivity index (χ4v) is 4.17. The molecule has 140 valence electrons. The Morgan fingerprint density at radius 3 is 2.70 bits per heavy atom. The fraction of sp³-hybridized carbons (Fsp3) is 0.294. The van der Waals surface area contributed by atoms with Crippen molar-refractivity contribution in [3.63, 3.8) is 0 Å². The van der Waals surface area contributed by atoms with Crippen LogP contribution in [0.3, 0.4) is 0 Å². The second kappa shape index (κ2) is 6.88. The van der Waals surface area contributed by atoms with E-state index >= 15 is 0 Å². The number of rotatable bonds is 3. The molecule has 0 saturated carbocycles. The number of benzene rings is 1. The molecule has 0 aliphatic carbocycles. The van der Waals surface area contributed by atoms with Gasteiger partial charge in [-0.15, -0.1) is 11.3 Å². The van der Waals surface area contributed by atoms with Crippen LogP contribution < -0.4 is 11.0 Å². The van der Waals surface area contributed by atoms with Crippen LogP contribution in [0.25, 0.3) is 11.0 Å². The molecule has 0 radical (unpaired) electrons. The van der Waals surface area contributed by atoms with Gasteiger partial charge in [0.15, 0.2) is 0 Å². The molecule has 3 heterocycles. The summed E-state index contributed by atoms with van der Waals surface area (Å²) < 4.78 is 0. The largest absolute Gasteiger partial charge is 0.465 e. The second-order valence-electron chi connectivity index (χ2n) is 6.41. The molecule has 1 fully saturated rings. The van der Waals surface area contributed by atoms with Gasteiger partial charge in [0.05, 0.1) is 16.0 Å². The molecule has 2 amide bonds. The molecule has 0 bridgehead atoms. The number of imidazole rings is 1. The number of nitrogens with one attached hydrogen (secondary N) is 3. The van der Waals surface area contributed by atoms with Crippen molar-refractivity contribution in [1.29, 1.82) is 0 Å². The van der Waals surface area contributed by atoms with Crippen molar-refractivity contribution in [2.75, 3.05) is 18.4 Å². The minimum Gasteiger partial charge on any atom is -0.465 e. The van der Waals surface area contributed by atoms with E-state index in [1.165, 1.54) is 16.2 Å². The Morgan fingerprint density at radius 2 is 1.96 bits per heavy atom. The molecule has 1 aromatic carbocycles. The molecule has 0 atom stereocenters. The summed E-state index contributed by atoms with van der Waals surface area (Å²) in [6.45, 7) is 0.964. The molecule has 27 heavy (non-hydrogen) atoms. The van der Waals surface area contributed by atoms with Gasteiger partial charge < -0.3 is 25.3 Å². The van der Waals surface area contributed by atoms with Gasteiger partial charge in [-0.1, -0.05) is 0 Å². The van der Waals surface area contributed by atoms with Crippen molar-refractivity contribution in [2.24, 2.45) is 0 Å². The summed E-state index contributed by atoms with van der Waals surface area (Å²) in [5.41, 5.74) is 1.88. The van der Waals surface area contributed by atoms with Gasteiger partial charge in [-0.05, 0) is 31.0 Å². The first-order valence-electron chi connectivity index (χ1n) is 8.46. The molecule has 3 aromatic rings. The molecular formula is C17H17N5O4S. The number of hydrogen-bond acceptors (Lipinski definition) is 5. The van der Waals surface area contributed by atoms with Crippen LogP contribution in [-0.2, 0) is 0 Å². The zero-order valence-corrected chi connectivity index (χ0v) is 15.0. The number of aromatic amines is 2. The van der Waals surface area contributed by atoms with Crippen LogP contribution >= 0.6 is 11.3 Å². The molecular weight excluding hydrogens is 370 g/mol.